The molecule has 5 nitrogen and oxygen atoms in total. The molecule has 2 aliphatic rings. The van der Waals surface area contributed by atoms with E-state index in [-0.39, 0.29) is 24.5 Å². The van der Waals surface area contributed by atoms with Gasteiger partial charge in [0.05, 0.1) is 5.69 Å². The topological polar surface area (TPSA) is 70.6 Å². The van der Waals surface area contributed by atoms with Gasteiger partial charge in [0, 0.05) is 25.1 Å². The average Bonchev–Trinajstić information content (AvgIpc) is 3.19. The molecule has 5 heteroatoms. The largest absolute Gasteiger partial charge is 0.482 e. The van der Waals surface area contributed by atoms with Gasteiger partial charge in [0.25, 0.3) is 5.91 Å². The van der Waals surface area contributed by atoms with E-state index in [4.69, 9.17) is 4.74 Å². The number of anilines is 1. The first-order valence-electron chi connectivity index (χ1n) is 6.58. The number of ether oxygens (including phenoxy) is 1. The summed E-state index contributed by atoms with van der Waals surface area (Å²) in [6, 6.07) is 5.80. The molecular formula is C14H18N2O3. The molecule has 1 aromatic rings. The molecule has 102 valence electrons. The van der Waals surface area contributed by atoms with Crippen molar-refractivity contribution in [1.82, 2.24) is 5.32 Å². The lowest BCUT2D eigenvalue weighted by atomic mass is 10.1. The molecule has 0 saturated heterocycles. The van der Waals surface area contributed by atoms with E-state index in [0.29, 0.717) is 0 Å². The molecule has 19 heavy (non-hydrogen) atoms. The molecule has 3 rings (SSSR count). The summed E-state index contributed by atoms with van der Waals surface area (Å²) in [7, 11) is 0. The monoisotopic (exact) mass is 262 g/mol. The molecule has 0 radical (unpaired) electrons. The molecule has 1 heterocycles. The Bertz CT molecular complexity index is 497. The van der Waals surface area contributed by atoms with Gasteiger partial charge in [0.15, 0.2) is 6.61 Å². The summed E-state index contributed by atoms with van der Waals surface area (Å²) in [5, 5.41) is 15.4. The third kappa shape index (κ3) is 2.72. The van der Waals surface area contributed by atoms with Crippen LogP contribution in [0.2, 0.25) is 0 Å². The van der Waals surface area contributed by atoms with Crippen molar-refractivity contribution in [3.8, 4) is 5.75 Å². The SMILES string of the molecule is O=C1COc2ccc(CNCC3(CO)CC3)cc2N1. The maximum atomic E-state index is 11.3. The molecule has 1 aromatic carbocycles. The highest BCUT2D eigenvalue weighted by molar-refractivity contribution is 5.95. The van der Waals surface area contributed by atoms with E-state index in [1.54, 1.807) is 0 Å². The highest BCUT2D eigenvalue weighted by Crippen LogP contribution is 2.44. The predicted molar refractivity (Wildman–Crippen MR) is 71.0 cm³/mol. The molecule has 0 aromatic heterocycles. The second-order valence-electron chi connectivity index (χ2n) is 5.43. The van der Waals surface area contributed by atoms with Gasteiger partial charge in [-0.1, -0.05) is 6.07 Å². The zero-order valence-corrected chi connectivity index (χ0v) is 10.7. The van der Waals surface area contributed by atoms with E-state index in [0.717, 1.165) is 42.9 Å². The van der Waals surface area contributed by atoms with Gasteiger partial charge in [-0.15, -0.1) is 0 Å². The van der Waals surface area contributed by atoms with Gasteiger partial charge in [-0.3, -0.25) is 4.79 Å². The number of amides is 1. The van der Waals surface area contributed by atoms with Crippen molar-refractivity contribution >= 4 is 11.6 Å². The Morgan fingerprint density at radius 3 is 3.00 bits per heavy atom. The lowest BCUT2D eigenvalue weighted by Gasteiger charge is -2.19. The first-order chi connectivity index (χ1) is 9.21. The molecule has 0 atom stereocenters. The highest BCUT2D eigenvalue weighted by Gasteiger charge is 2.41. The van der Waals surface area contributed by atoms with E-state index in [1.807, 2.05) is 18.2 Å². The van der Waals surface area contributed by atoms with Gasteiger partial charge >= 0.3 is 0 Å². The Hall–Kier alpha value is -1.59. The van der Waals surface area contributed by atoms with Crippen molar-refractivity contribution < 1.29 is 14.6 Å². The number of nitrogens with one attached hydrogen (secondary N) is 2. The Balaban J connectivity index is 1.59. The molecule has 3 N–H and O–H groups in total. The normalized spacial score (nSPS) is 19.3. The van der Waals surface area contributed by atoms with Crippen LogP contribution < -0.4 is 15.4 Å². The molecule has 1 aliphatic carbocycles. The number of hydrogen-bond donors (Lipinski definition) is 3. The fourth-order valence-electron chi connectivity index (χ4n) is 2.28. The van der Waals surface area contributed by atoms with Crippen molar-refractivity contribution in [1.29, 1.82) is 0 Å². The lowest BCUT2D eigenvalue weighted by molar-refractivity contribution is -0.118. The van der Waals surface area contributed by atoms with Crippen LogP contribution in [0.15, 0.2) is 18.2 Å². The number of carbonyl (C=O) groups is 1. The van der Waals surface area contributed by atoms with Crippen LogP contribution in [-0.4, -0.2) is 30.8 Å². The fourth-order valence-corrected chi connectivity index (χ4v) is 2.28. The number of fused-ring (bicyclic) bond motifs is 1. The van der Waals surface area contributed by atoms with E-state index in [1.165, 1.54) is 0 Å². The zero-order chi connectivity index (χ0) is 13.3. The smallest absolute Gasteiger partial charge is 0.262 e. The van der Waals surface area contributed by atoms with E-state index in [9.17, 15) is 9.90 Å². The molecule has 0 unspecified atom stereocenters. The van der Waals surface area contributed by atoms with Crippen molar-refractivity contribution in [2.24, 2.45) is 5.41 Å². The standard InChI is InChI=1S/C14H18N2O3/c17-9-14(3-4-14)8-15-6-10-1-2-12-11(5-10)16-13(18)7-19-12/h1-2,5,15,17H,3-4,6-9H2,(H,16,18). The van der Waals surface area contributed by atoms with Crippen LogP contribution in [0.4, 0.5) is 5.69 Å². The van der Waals surface area contributed by atoms with Crippen LogP contribution in [0.3, 0.4) is 0 Å². The van der Waals surface area contributed by atoms with Gasteiger partial charge in [0.1, 0.15) is 5.75 Å². The van der Waals surface area contributed by atoms with E-state index in [2.05, 4.69) is 10.6 Å². The van der Waals surface area contributed by atoms with Gasteiger partial charge in [-0.25, -0.2) is 0 Å². The number of carbonyl (C=O) groups excluding carboxylic acids is 1. The molecule has 1 aliphatic heterocycles. The number of aliphatic hydroxyl groups excluding tert-OH is 1. The molecular weight excluding hydrogens is 244 g/mol. The summed E-state index contributed by atoms with van der Waals surface area (Å²) in [6.45, 7) is 1.91. The Morgan fingerprint density at radius 2 is 2.26 bits per heavy atom. The van der Waals surface area contributed by atoms with E-state index >= 15 is 0 Å². The maximum Gasteiger partial charge on any atom is 0.262 e. The number of rotatable bonds is 5. The van der Waals surface area contributed by atoms with Crippen LogP contribution in [0, 0.1) is 5.41 Å². The van der Waals surface area contributed by atoms with E-state index < -0.39 is 0 Å². The maximum absolute atomic E-state index is 11.3. The Kier molecular flexibility index (Phi) is 3.16. The molecule has 1 fully saturated rings. The Morgan fingerprint density at radius 1 is 1.42 bits per heavy atom. The number of aliphatic hydroxyl groups is 1. The van der Waals surface area contributed by atoms with Crippen LogP contribution in [-0.2, 0) is 11.3 Å². The van der Waals surface area contributed by atoms with Crippen LogP contribution >= 0.6 is 0 Å². The van der Waals surface area contributed by atoms with Gasteiger partial charge in [-0.05, 0) is 30.5 Å². The second-order valence-corrected chi connectivity index (χ2v) is 5.43. The predicted octanol–water partition coefficient (Wildman–Crippen LogP) is 0.880. The van der Waals surface area contributed by atoms with Gasteiger partial charge in [0.2, 0.25) is 0 Å². The van der Waals surface area contributed by atoms with Gasteiger partial charge in [-0.2, -0.15) is 0 Å². The quantitative estimate of drug-likeness (QED) is 0.736. The molecule has 0 bridgehead atoms. The van der Waals surface area contributed by atoms with Crippen molar-refractivity contribution in [3.63, 3.8) is 0 Å². The fraction of sp³-hybridized carbons (Fsp3) is 0.500. The average molecular weight is 262 g/mol. The summed E-state index contributed by atoms with van der Waals surface area (Å²) in [5.41, 5.74) is 1.95. The number of hydrogen-bond acceptors (Lipinski definition) is 4. The summed E-state index contributed by atoms with van der Waals surface area (Å²) >= 11 is 0. The summed E-state index contributed by atoms with van der Waals surface area (Å²) in [4.78, 5) is 11.3. The highest BCUT2D eigenvalue weighted by atomic mass is 16.5. The first-order valence-corrected chi connectivity index (χ1v) is 6.58. The first kappa shape index (κ1) is 12.4. The van der Waals surface area contributed by atoms with Crippen molar-refractivity contribution in [3.05, 3.63) is 23.8 Å². The minimum atomic E-state index is -0.116. The molecule has 1 amide bonds. The van der Waals surface area contributed by atoms with Crippen molar-refractivity contribution in [2.75, 3.05) is 25.1 Å². The van der Waals surface area contributed by atoms with Crippen LogP contribution in [0.1, 0.15) is 18.4 Å². The summed E-state index contributed by atoms with van der Waals surface area (Å²) < 4.78 is 5.31. The van der Waals surface area contributed by atoms with Crippen molar-refractivity contribution in [2.45, 2.75) is 19.4 Å². The molecule has 0 spiro atoms. The third-order valence-corrected chi connectivity index (χ3v) is 3.80. The van der Waals surface area contributed by atoms with Crippen LogP contribution in [0.5, 0.6) is 5.75 Å². The lowest BCUT2D eigenvalue weighted by Crippen LogP contribution is -2.27. The van der Waals surface area contributed by atoms with Crippen LogP contribution in [0.25, 0.3) is 0 Å². The zero-order valence-electron chi connectivity index (χ0n) is 10.7. The number of benzene rings is 1. The molecule has 1 saturated carbocycles. The van der Waals surface area contributed by atoms with Gasteiger partial charge < -0.3 is 20.5 Å². The summed E-state index contributed by atoms with van der Waals surface area (Å²) in [6.07, 6.45) is 2.20. The minimum Gasteiger partial charge on any atom is -0.482 e. The minimum absolute atomic E-state index is 0.0869. The Labute approximate surface area is 112 Å². The summed E-state index contributed by atoms with van der Waals surface area (Å²) in [5.74, 6) is 0.604. The third-order valence-electron chi connectivity index (χ3n) is 3.80. The second kappa shape index (κ2) is 4.83.